The van der Waals surface area contributed by atoms with Gasteiger partial charge in [0, 0.05) is 5.75 Å². The number of rotatable bonds is 6. The molecule has 3 aromatic rings. The summed E-state index contributed by atoms with van der Waals surface area (Å²) in [6.45, 7) is 3.94. The lowest BCUT2D eigenvalue weighted by Crippen LogP contribution is -2.13. The van der Waals surface area contributed by atoms with Crippen LogP contribution >= 0.6 is 11.8 Å². The van der Waals surface area contributed by atoms with E-state index in [0.717, 1.165) is 11.5 Å². The highest BCUT2D eigenvalue weighted by molar-refractivity contribution is 7.98. The Morgan fingerprint density at radius 1 is 1.29 bits per heavy atom. The third-order valence-corrected chi connectivity index (χ3v) is 4.25. The molecule has 2 aromatic heterocycles. The maximum Gasteiger partial charge on any atom is 0.264 e. The Morgan fingerprint density at radius 2 is 2.17 bits per heavy atom. The van der Waals surface area contributed by atoms with Crippen LogP contribution in [-0.4, -0.2) is 21.1 Å². The van der Waals surface area contributed by atoms with Crippen LogP contribution in [0.4, 0.5) is 5.95 Å². The van der Waals surface area contributed by atoms with Gasteiger partial charge in [0.05, 0.1) is 6.21 Å². The molecule has 0 aliphatic carbocycles. The summed E-state index contributed by atoms with van der Waals surface area (Å²) in [5.74, 6) is 8.60. The van der Waals surface area contributed by atoms with Gasteiger partial charge in [-0.1, -0.05) is 41.6 Å². The van der Waals surface area contributed by atoms with Crippen molar-refractivity contribution in [1.29, 1.82) is 0 Å². The number of aryl methyl sites for hydroxylation is 2. The second-order valence-electron chi connectivity index (χ2n) is 5.27. The standard InChI is InChI=1S/C16H18N6OS/c1-11-4-3-5-13(8-11)10-24-16-21-20-15(22(16)17)19-18-9-14-7-6-12(2)23-14/h3-9H,10,17H2,1-2H3,(H,19,20)/b18-9+. The van der Waals surface area contributed by atoms with E-state index < -0.39 is 0 Å². The number of nitrogens with zero attached hydrogens (tertiary/aromatic N) is 4. The number of aromatic nitrogens is 3. The molecule has 8 heteroatoms. The lowest BCUT2D eigenvalue weighted by atomic mass is 10.2. The molecule has 0 aliphatic heterocycles. The minimum Gasteiger partial charge on any atom is -0.460 e. The number of furan rings is 1. The summed E-state index contributed by atoms with van der Waals surface area (Å²) in [4.78, 5) is 0. The van der Waals surface area contributed by atoms with Crippen molar-refractivity contribution in [3.05, 3.63) is 59.0 Å². The van der Waals surface area contributed by atoms with Gasteiger partial charge in [0.1, 0.15) is 11.5 Å². The molecule has 0 radical (unpaired) electrons. The summed E-state index contributed by atoms with van der Waals surface area (Å²) in [7, 11) is 0. The summed E-state index contributed by atoms with van der Waals surface area (Å²) >= 11 is 1.52. The number of anilines is 1. The lowest BCUT2D eigenvalue weighted by molar-refractivity contribution is 0.528. The maximum absolute atomic E-state index is 5.99. The van der Waals surface area contributed by atoms with Crippen molar-refractivity contribution in [2.45, 2.75) is 24.8 Å². The number of hydrogen-bond acceptors (Lipinski definition) is 7. The van der Waals surface area contributed by atoms with Crippen LogP contribution in [-0.2, 0) is 5.75 Å². The largest absolute Gasteiger partial charge is 0.460 e. The van der Waals surface area contributed by atoms with Gasteiger partial charge in [-0.2, -0.15) is 5.10 Å². The van der Waals surface area contributed by atoms with Gasteiger partial charge in [-0.05, 0) is 31.5 Å². The highest BCUT2D eigenvalue weighted by Crippen LogP contribution is 2.22. The number of thioether (sulfide) groups is 1. The van der Waals surface area contributed by atoms with Crippen molar-refractivity contribution in [3.8, 4) is 0 Å². The molecule has 0 bridgehead atoms. The van der Waals surface area contributed by atoms with Crippen molar-refractivity contribution in [1.82, 2.24) is 14.9 Å². The number of benzene rings is 1. The highest BCUT2D eigenvalue weighted by atomic mass is 32.2. The zero-order valence-electron chi connectivity index (χ0n) is 13.4. The summed E-state index contributed by atoms with van der Waals surface area (Å²) in [6, 6.07) is 12.0. The van der Waals surface area contributed by atoms with Crippen LogP contribution in [0.1, 0.15) is 22.6 Å². The molecule has 0 saturated heterocycles. The topological polar surface area (TPSA) is 94.3 Å². The smallest absolute Gasteiger partial charge is 0.264 e. The Morgan fingerprint density at radius 3 is 2.92 bits per heavy atom. The van der Waals surface area contributed by atoms with E-state index in [4.69, 9.17) is 10.3 Å². The number of nitrogens with one attached hydrogen (secondary N) is 1. The molecule has 0 saturated carbocycles. The Balaban J connectivity index is 1.60. The molecule has 3 rings (SSSR count). The van der Waals surface area contributed by atoms with Crippen LogP contribution in [0.25, 0.3) is 0 Å². The predicted octanol–water partition coefficient (Wildman–Crippen LogP) is 2.94. The fourth-order valence-electron chi connectivity index (χ4n) is 2.08. The normalized spacial score (nSPS) is 11.2. The minimum atomic E-state index is 0.362. The molecule has 0 spiro atoms. The van der Waals surface area contributed by atoms with Crippen LogP contribution in [0.3, 0.4) is 0 Å². The Hall–Kier alpha value is -2.74. The predicted molar refractivity (Wildman–Crippen MR) is 95.6 cm³/mol. The van der Waals surface area contributed by atoms with E-state index in [2.05, 4.69) is 45.8 Å². The SMILES string of the molecule is Cc1cccc(CSc2nnc(N/N=C/c3ccc(C)o3)n2N)c1. The molecule has 0 fully saturated rings. The second kappa shape index (κ2) is 7.22. The van der Waals surface area contributed by atoms with Gasteiger partial charge in [0.2, 0.25) is 5.16 Å². The van der Waals surface area contributed by atoms with Crippen LogP contribution in [0.5, 0.6) is 0 Å². The maximum atomic E-state index is 5.99. The van der Waals surface area contributed by atoms with E-state index in [1.54, 1.807) is 6.21 Å². The van der Waals surface area contributed by atoms with Crippen molar-refractivity contribution in [2.24, 2.45) is 5.10 Å². The molecule has 2 heterocycles. The third kappa shape index (κ3) is 3.96. The monoisotopic (exact) mass is 342 g/mol. The zero-order valence-corrected chi connectivity index (χ0v) is 14.2. The Bertz CT molecular complexity index is 854. The lowest BCUT2D eigenvalue weighted by Gasteiger charge is -2.03. The summed E-state index contributed by atoms with van der Waals surface area (Å²) in [5, 5.41) is 12.7. The Kier molecular flexibility index (Phi) is 4.85. The molecule has 0 unspecified atom stereocenters. The van der Waals surface area contributed by atoms with E-state index in [1.165, 1.54) is 27.6 Å². The zero-order chi connectivity index (χ0) is 16.9. The van der Waals surface area contributed by atoms with E-state index >= 15 is 0 Å². The van der Waals surface area contributed by atoms with Crippen LogP contribution in [0.15, 0.2) is 51.1 Å². The highest BCUT2D eigenvalue weighted by Gasteiger charge is 2.09. The van der Waals surface area contributed by atoms with Gasteiger partial charge >= 0.3 is 0 Å². The first-order chi connectivity index (χ1) is 11.6. The molecule has 3 N–H and O–H groups in total. The van der Waals surface area contributed by atoms with E-state index in [9.17, 15) is 0 Å². The van der Waals surface area contributed by atoms with Gasteiger partial charge in [0.25, 0.3) is 5.95 Å². The van der Waals surface area contributed by atoms with Crippen LogP contribution in [0, 0.1) is 13.8 Å². The fraction of sp³-hybridized carbons (Fsp3) is 0.188. The molecular formula is C16H18N6OS. The first-order valence-electron chi connectivity index (χ1n) is 7.36. The summed E-state index contributed by atoms with van der Waals surface area (Å²) in [5.41, 5.74) is 5.20. The van der Waals surface area contributed by atoms with Crippen molar-refractivity contribution < 1.29 is 4.42 Å². The van der Waals surface area contributed by atoms with E-state index in [1.807, 2.05) is 25.1 Å². The molecule has 7 nitrogen and oxygen atoms in total. The third-order valence-electron chi connectivity index (χ3n) is 3.23. The van der Waals surface area contributed by atoms with Gasteiger partial charge in [0.15, 0.2) is 0 Å². The van der Waals surface area contributed by atoms with Gasteiger partial charge in [-0.25, -0.2) is 10.1 Å². The Labute approximate surface area is 143 Å². The molecule has 0 aliphatic rings. The molecule has 1 aromatic carbocycles. The summed E-state index contributed by atoms with van der Waals surface area (Å²) in [6.07, 6.45) is 1.56. The van der Waals surface area contributed by atoms with E-state index in [-0.39, 0.29) is 0 Å². The quantitative estimate of drug-likeness (QED) is 0.309. The van der Waals surface area contributed by atoms with Gasteiger partial charge in [-0.3, -0.25) is 0 Å². The van der Waals surface area contributed by atoms with Gasteiger partial charge in [-0.15, -0.1) is 10.2 Å². The number of nitrogens with two attached hydrogens (primary N) is 1. The molecule has 124 valence electrons. The van der Waals surface area contributed by atoms with Crippen LogP contribution in [0.2, 0.25) is 0 Å². The average Bonchev–Trinajstić information content (AvgIpc) is 3.12. The van der Waals surface area contributed by atoms with Crippen molar-refractivity contribution >= 4 is 23.9 Å². The number of hydrazone groups is 1. The molecule has 0 amide bonds. The van der Waals surface area contributed by atoms with Crippen molar-refractivity contribution in [3.63, 3.8) is 0 Å². The summed E-state index contributed by atoms with van der Waals surface area (Å²) < 4.78 is 6.77. The first kappa shape index (κ1) is 16.1. The number of hydrogen-bond donors (Lipinski definition) is 2. The van der Waals surface area contributed by atoms with Gasteiger partial charge < -0.3 is 10.3 Å². The van der Waals surface area contributed by atoms with Crippen LogP contribution < -0.4 is 11.3 Å². The number of nitrogen functional groups attached to an aromatic ring is 1. The molecule has 0 atom stereocenters. The minimum absolute atomic E-state index is 0.362. The molecule has 24 heavy (non-hydrogen) atoms. The molecular weight excluding hydrogens is 324 g/mol. The van der Waals surface area contributed by atoms with E-state index in [0.29, 0.717) is 16.9 Å². The second-order valence-corrected chi connectivity index (χ2v) is 6.21. The average molecular weight is 342 g/mol. The fourth-order valence-corrected chi connectivity index (χ4v) is 2.88. The first-order valence-corrected chi connectivity index (χ1v) is 8.35. The van der Waals surface area contributed by atoms with Crippen molar-refractivity contribution in [2.75, 3.05) is 11.3 Å².